The molecule has 0 spiro atoms. The summed E-state index contributed by atoms with van der Waals surface area (Å²) in [7, 11) is 0. The standard InChI is InChI=1S/C23H27ClN2O2/c1-16(2)12-13-26-21(27)20-7-5-4-6-18(20)14-23(26,3)22(28)25-15-17-8-10-19(24)11-9-17/h4-11,16H,12-15H2,1-3H3,(H,25,28). The molecule has 0 fully saturated rings. The van der Waals surface area contributed by atoms with Gasteiger partial charge in [-0.15, -0.1) is 0 Å². The van der Waals surface area contributed by atoms with Gasteiger partial charge in [0, 0.05) is 30.1 Å². The number of hydrogen-bond acceptors (Lipinski definition) is 2. The van der Waals surface area contributed by atoms with Crippen molar-refractivity contribution in [2.75, 3.05) is 6.54 Å². The molecule has 0 aliphatic carbocycles. The van der Waals surface area contributed by atoms with Crippen molar-refractivity contribution in [2.24, 2.45) is 5.92 Å². The van der Waals surface area contributed by atoms with Crippen molar-refractivity contribution < 1.29 is 9.59 Å². The number of benzene rings is 2. The van der Waals surface area contributed by atoms with Crippen LogP contribution in [0, 0.1) is 5.92 Å². The number of fused-ring (bicyclic) bond motifs is 1. The summed E-state index contributed by atoms with van der Waals surface area (Å²) in [5.41, 5.74) is 1.69. The molecule has 28 heavy (non-hydrogen) atoms. The predicted molar refractivity (Wildman–Crippen MR) is 112 cm³/mol. The van der Waals surface area contributed by atoms with E-state index in [-0.39, 0.29) is 11.8 Å². The first-order chi connectivity index (χ1) is 13.3. The molecule has 2 amide bonds. The Bertz CT molecular complexity index is 863. The predicted octanol–water partition coefficient (Wildman–Crippen LogP) is 4.46. The maximum atomic E-state index is 13.2. The molecular formula is C23H27ClN2O2. The van der Waals surface area contributed by atoms with Gasteiger partial charge in [0.15, 0.2) is 0 Å². The fraction of sp³-hybridized carbons (Fsp3) is 0.391. The van der Waals surface area contributed by atoms with Crippen molar-refractivity contribution >= 4 is 23.4 Å². The van der Waals surface area contributed by atoms with Crippen LogP contribution in [-0.2, 0) is 17.8 Å². The van der Waals surface area contributed by atoms with Crippen LogP contribution in [0.3, 0.4) is 0 Å². The summed E-state index contributed by atoms with van der Waals surface area (Å²) in [5.74, 6) is 0.257. The van der Waals surface area contributed by atoms with Gasteiger partial charge >= 0.3 is 0 Å². The Morgan fingerprint density at radius 2 is 1.86 bits per heavy atom. The Morgan fingerprint density at radius 3 is 2.54 bits per heavy atom. The summed E-state index contributed by atoms with van der Waals surface area (Å²) in [6, 6.07) is 15.0. The summed E-state index contributed by atoms with van der Waals surface area (Å²) in [5, 5.41) is 3.69. The minimum Gasteiger partial charge on any atom is -0.350 e. The number of rotatable bonds is 6. The number of nitrogens with zero attached hydrogens (tertiary/aromatic N) is 1. The smallest absolute Gasteiger partial charge is 0.255 e. The monoisotopic (exact) mass is 398 g/mol. The van der Waals surface area contributed by atoms with Gasteiger partial charge in [-0.1, -0.05) is 55.8 Å². The molecule has 148 valence electrons. The topological polar surface area (TPSA) is 49.4 Å². The first kappa shape index (κ1) is 20.4. The fourth-order valence-corrected chi connectivity index (χ4v) is 3.76. The highest BCUT2D eigenvalue weighted by Gasteiger charge is 2.46. The molecule has 5 heteroatoms. The van der Waals surface area contributed by atoms with Crippen LogP contribution in [0.25, 0.3) is 0 Å². The van der Waals surface area contributed by atoms with E-state index in [2.05, 4.69) is 19.2 Å². The van der Waals surface area contributed by atoms with Gasteiger partial charge in [-0.05, 0) is 48.6 Å². The van der Waals surface area contributed by atoms with Crippen LogP contribution < -0.4 is 5.32 Å². The highest BCUT2D eigenvalue weighted by Crippen LogP contribution is 2.32. The summed E-state index contributed by atoms with van der Waals surface area (Å²) in [4.78, 5) is 28.2. The fourth-order valence-electron chi connectivity index (χ4n) is 3.63. The largest absolute Gasteiger partial charge is 0.350 e. The maximum Gasteiger partial charge on any atom is 0.255 e. The van der Waals surface area contributed by atoms with Crippen molar-refractivity contribution in [2.45, 2.75) is 45.7 Å². The Labute approximate surface area is 171 Å². The molecule has 0 saturated heterocycles. The van der Waals surface area contributed by atoms with Crippen LogP contribution in [0.2, 0.25) is 5.02 Å². The average Bonchev–Trinajstić information content (AvgIpc) is 2.67. The molecule has 1 atom stereocenters. The maximum absolute atomic E-state index is 13.2. The molecule has 1 N–H and O–H groups in total. The van der Waals surface area contributed by atoms with Gasteiger partial charge in [0.1, 0.15) is 5.54 Å². The van der Waals surface area contributed by atoms with Crippen LogP contribution in [0.4, 0.5) is 0 Å². The first-order valence-electron chi connectivity index (χ1n) is 9.74. The molecule has 1 aliphatic heterocycles. The van der Waals surface area contributed by atoms with Gasteiger partial charge in [-0.25, -0.2) is 0 Å². The SMILES string of the molecule is CC(C)CCN1C(=O)c2ccccc2CC1(C)C(=O)NCc1ccc(Cl)cc1. The van der Waals surface area contributed by atoms with Crippen molar-refractivity contribution in [3.8, 4) is 0 Å². The Hall–Kier alpha value is -2.33. The first-order valence-corrected chi connectivity index (χ1v) is 10.1. The summed E-state index contributed by atoms with van der Waals surface area (Å²) < 4.78 is 0. The average molecular weight is 399 g/mol. The molecule has 2 aromatic rings. The van der Waals surface area contributed by atoms with E-state index in [4.69, 9.17) is 11.6 Å². The van der Waals surface area contributed by atoms with Crippen molar-refractivity contribution in [3.05, 3.63) is 70.2 Å². The van der Waals surface area contributed by atoms with E-state index in [1.807, 2.05) is 43.3 Å². The molecule has 0 saturated carbocycles. The third-order valence-corrected chi connectivity index (χ3v) is 5.66. The van der Waals surface area contributed by atoms with Crippen LogP contribution in [0.1, 0.15) is 48.7 Å². The van der Waals surface area contributed by atoms with Crippen LogP contribution >= 0.6 is 11.6 Å². The molecule has 4 nitrogen and oxygen atoms in total. The van der Waals surface area contributed by atoms with Gasteiger partial charge in [-0.3, -0.25) is 9.59 Å². The number of nitrogens with one attached hydrogen (secondary N) is 1. The molecule has 1 heterocycles. The lowest BCUT2D eigenvalue weighted by atomic mass is 9.82. The van der Waals surface area contributed by atoms with Crippen LogP contribution in [0.15, 0.2) is 48.5 Å². The van der Waals surface area contributed by atoms with Crippen LogP contribution in [-0.4, -0.2) is 28.8 Å². The minimum absolute atomic E-state index is 0.0633. The third-order valence-electron chi connectivity index (χ3n) is 5.41. The van der Waals surface area contributed by atoms with E-state index in [9.17, 15) is 9.59 Å². The van der Waals surface area contributed by atoms with Crippen molar-refractivity contribution in [1.82, 2.24) is 10.2 Å². The second-order valence-electron chi connectivity index (χ2n) is 8.06. The summed E-state index contributed by atoms with van der Waals surface area (Å²) >= 11 is 5.93. The van der Waals surface area contributed by atoms with E-state index in [1.165, 1.54) is 0 Å². The quantitative estimate of drug-likeness (QED) is 0.780. The Morgan fingerprint density at radius 1 is 1.18 bits per heavy atom. The van der Waals surface area contributed by atoms with E-state index in [1.54, 1.807) is 17.0 Å². The van der Waals surface area contributed by atoms with Gasteiger partial charge in [-0.2, -0.15) is 0 Å². The number of carbonyl (C=O) groups excluding carboxylic acids is 2. The van der Waals surface area contributed by atoms with E-state index in [0.29, 0.717) is 36.0 Å². The summed E-state index contributed by atoms with van der Waals surface area (Å²) in [6.07, 6.45) is 1.37. The van der Waals surface area contributed by atoms with Gasteiger partial charge in [0.25, 0.3) is 5.91 Å². The molecule has 1 aliphatic rings. The molecule has 3 rings (SSSR count). The number of hydrogen-bond donors (Lipinski definition) is 1. The minimum atomic E-state index is -0.910. The van der Waals surface area contributed by atoms with Gasteiger partial charge < -0.3 is 10.2 Å². The lowest BCUT2D eigenvalue weighted by molar-refractivity contribution is -0.132. The number of halogens is 1. The Kier molecular flexibility index (Phi) is 6.09. The molecule has 0 bridgehead atoms. The second kappa shape index (κ2) is 8.36. The van der Waals surface area contributed by atoms with Crippen molar-refractivity contribution in [1.29, 1.82) is 0 Å². The lowest BCUT2D eigenvalue weighted by Gasteiger charge is -2.44. The number of carbonyl (C=O) groups is 2. The van der Waals surface area contributed by atoms with E-state index >= 15 is 0 Å². The molecule has 2 aromatic carbocycles. The third kappa shape index (κ3) is 4.22. The highest BCUT2D eigenvalue weighted by molar-refractivity contribution is 6.30. The Balaban J connectivity index is 1.84. The zero-order valence-electron chi connectivity index (χ0n) is 16.7. The van der Waals surface area contributed by atoms with E-state index < -0.39 is 5.54 Å². The normalized spacial score (nSPS) is 18.9. The number of amides is 2. The van der Waals surface area contributed by atoms with Gasteiger partial charge in [0.2, 0.25) is 5.91 Å². The van der Waals surface area contributed by atoms with E-state index in [0.717, 1.165) is 17.5 Å². The molecule has 1 unspecified atom stereocenters. The van der Waals surface area contributed by atoms with Crippen molar-refractivity contribution in [3.63, 3.8) is 0 Å². The summed E-state index contributed by atoms with van der Waals surface area (Å²) in [6.45, 7) is 7.09. The second-order valence-corrected chi connectivity index (χ2v) is 8.49. The highest BCUT2D eigenvalue weighted by atomic mass is 35.5. The lowest BCUT2D eigenvalue weighted by Crippen LogP contribution is -2.62. The zero-order valence-corrected chi connectivity index (χ0v) is 17.4. The van der Waals surface area contributed by atoms with Crippen LogP contribution in [0.5, 0.6) is 0 Å². The molecule has 0 radical (unpaired) electrons. The van der Waals surface area contributed by atoms with Gasteiger partial charge in [0.05, 0.1) is 0 Å². The molecular weight excluding hydrogens is 372 g/mol. The molecule has 0 aromatic heterocycles. The zero-order chi connectivity index (χ0) is 20.3.